The Balaban J connectivity index is 0.967. The van der Waals surface area contributed by atoms with Crippen molar-refractivity contribution in [2.24, 2.45) is 0 Å². The van der Waals surface area contributed by atoms with Crippen molar-refractivity contribution < 1.29 is 0 Å². The molecule has 0 aliphatic rings. The maximum absolute atomic E-state index is 5.63. The fourth-order valence-corrected chi connectivity index (χ4v) is 10.9. The second-order valence-electron chi connectivity index (χ2n) is 19.7. The Kier molecular flexibility index (Phi) is 11.8. The minimum Gasteiger partial charge on any atom is -0.248 e. The Labute approximate surface area is 453 Å². The van der Waals surface area contributed by atoms with Crippen LogP contribution < -0.4 is 0 Å². The smallest absolute Gasteiger partial charge is 0.160 e. The second-order valence-corrected chi connectivity index (χ2v) is 19.7. The predicted molar refractivity (Wildman–Crippen MR) is 325 cm³/mol. The van der Waals surface area contributed by atoms with Crippen LogP contribution in [0, 0.1) is 0 Å². The van der Waals surface area contributed by atoms with Crippen LogP contribution in [0.2, 0.25) is 0 Å². The first-order valence-corrected chi connectivity index (χ1v) is 26.4. The summed E-state index contributed by atoms with van der Waals surface area (Å²) in [7, 11) is 0. The summed E-state index contributed by atoms with van der Waals surface area (Å²) in [6, 6.07) is 103. The highest BCUT2D eigenvalue weighted by molar-refractivity contribution is 6.11. The van der Waals surface area contributed by atoms with E-state index in [1.165, 1.54) is 16.2 Å². The van der Waals surface area contributed by atoms with Gasteiger partial charge in [-0.25, -0.2) is 19.9 Å². The van der Waals surface area contributed by atoms with Crippen molar-refractivity contribution in [3.63, 3.8) is 0 Å². The van der Waals surface area contributed by atoms with E-state index < -0.39 is 0 Å². The van der Waals surface area contributed by atoms with Gasteiger partial charge in [0.25, 0.3) is 0 Å². The Morgan fingerprint density at radius 2 is 0.577 bits per heavy atom. The van der Waals surface area contributed by atoms with Crippen LogP contribution in [0.5, 0.6) is 0 Å². The van der Waals surface area contributed by atoms with Crippen molar-refractivity contribution in [1.29, 1.82) is 0 Å². The molecule has 14 aromatic rings. The van der Waals surface area contributed by atoms with Crippen molar-refractivity contribution in [3.05, 3.63) is 291 Å². The molecule has 364 valence electrons. The van der Waals surface area contributed by atoms with Crippen molar-refractivity contribution in [2.75, 3.05) is 0 Å². The lowest BCUT2D eigenvalue weighted by Crippen LogP contribution is -1.99. The van der Waals surface area contributed by atoms with E-state index in [4.69, 9.17) is 19.9 Å². The lowest BCUT2D eigenvalue weighted by molar-refractivity contribution is 1.23. The molecule has 14 rings (SSSR count). The van der Waals surface area contributed by atoms with Gasteiger partial charge in [-0.1, -0.05) is 255 Å². The van der Waals surface area contributed by atoms with E-state index in [9.17, 15) is 0 Å². The molecular weight excluding hydrogens is 945 g/mol. The quantitative estimate of drug-likeness (QED) is 0.137. The van der Waals surface area contributed by atoms with Crippen molar-refractivity contribution in [1.82, 2.24) is 19.9 Å². The highest BCUT2D eigenvalue weighted by atomic mass is 14.9. The first kappa shape index (κ1) is 46.1. The molecule has 0 unspecified atom stereocenters. The van der Waals surface area contributed by atoms with Crippen molar-refractivity contribution in [2.45, 2.75) is 0 Å². The van der Waals surface area contributed by atoms with Gasteiger partial charge in [-0.3, -0.25) is 0 Å². The normalized spacial score (nSPS) is 11.3. The van der Waals surface area contributed by atoms with Gasteiger partial charge in [0.05, 0.1) is 34.0 Å². The maximum Gasteiger partial charge on any atom is 0.160 e. The number of benzene rings is 11. The largest absolute Gasteiger partial charge is 0.248 e. The van der Waals surface area contributed by atoms with Gasteiger partial charge >= 0.3 is 0 Å². The average molecular weight is 993 g/mol. The molecule has 4 heteroatoms. The summed E-state index contributed by atoms with van der Waals surface area (Å²) >= 11 is 0. The first-order valence-electron chi connectivity index (χ1n) is 26.4. The molecule has 0 amide bonds. The zero-order chi connectivity index (χ0) is 51.8. The van der Waals surface area contributed by atoms with Crippen molar-refractivity contribution >= 4 is 32.4 Å². The van der Waals surface area contributed by atoms with Crippen LogP contribution >= 0.6 is 0 Å². The van der Waals surface area contributed by atoms with Gasteiger partial charge in [0, 0.05) is 44.3 Å². The molecular formula is C74H48N4. The van der Waals surface area contributed by atoms with Crippen LogP contribution in [0.15, 0.2) is 291 Å². The third-order valence-corrected chi connectivity index (χ3v) is 14.9. The van der Waals surface area contributed by atoms with E-state index in [2.05, 4.69) is 273 Å². The summed E-state index contributed by atoms with van der Waals surface area (Å²) in [4.78, 5) is 21.7. The van der Waals surface area contributed by atoms with E-state index in [0.29, 0.717) is 5.82 Å². The minimum absolute atomic E-state index is 0.641. The third-order valence-electron chi connectivity index (χ3n) is 14.9. The molecule has 3 heterocycles. The molecule has 78 heavy (non-hydrogen) atoms. The monoisotopic (exact) mass is 992 g/mol. The van der Waals surface area contributed by atoms with Crippen molar-refractivity contribution in [3.8, 4) is 112 Å². The van der Waals surface area contributed by atoms with Gasteiger partial charge in [0.15, 0.2) is 5.82 Å². The topological polar surface area (TPSA) is 51.6 Å². The lowest BCUT2D eigenvalue weighted by atomic mass is 9.90. The van der Waals surface area contributed by atoms with Crippen LogP contribution in [-0.4, -0.2) is 19.9 Å². The van der Waals surface area contributed by atoms with E-state index in [1.807, 2.05) is 18.2 Å². The SMILES string of the molecule is c1ccc(-c2cc(-c3ccccc3)nc(-c3ccc(-c4nc(-c5ccc(-c6cc(-c7ccccc7)nc(-c7ccccc7)c6)cc5)nc5c(-c6cccc7ccccc67)cc(-c6cccc7ccccc67)cc45)cc3)c2)cc1. The van der Waals surface area contributed by atoms with E-state index in [-0.39, 0.29) is 0 Å². The second kappa shape index (κ2) is 20.0. The summed E-state index contributed by atoms with van der Waals surface area (Å²) in [5.74, 6) is 0.641. The molecule has 0 saturated carbocycles. The molecule has 0 bridgehead atoms. The van der Waals surface area contributed by atoms with E-state index >= 15 is 0 Å². The summed E-state index contributed by atoms with van der Waals surface area (Å²) in [5.41, 5.74) is 20.3. The Morgan fingerprint density at radius 3 is 1.10 bits per heavy atom. The Hall–Kier alpha value is -10.4. The molecule has 0 aliphatic heterocycles. The number of pyridine rings is 2. The van der Waals surface area contributed by atoms with Crippen LogP contribution in [-0.2, 0) is 0 Å². The molecule has 0 aliphatic carbocycles. The predicted octanol–water partition coefficient (Wildman–Crippen LogP) is 19.4. The van der Waals surface area contributed by atoms with Crippen LogP contribution in [0.3, 0.4) is 0 Å². The van der Waals surface area contributed by atoms with Gasteiger partial charge in [-0.2, -0.15) is 0 Å². The number of rotatable bonds is 10. The summed E-state index contributed by atoms with van der Waals surface area (Å²) in [6.45, 7) is 0. The zero-order valence-electron chi connectivity index (χ0n) is 42.5. The zero-order valence-corrected chi connectivity index (χ0v) is 42.5. The first-order chi connectivity index (χ1) is 38.6. The van der Waals surface area contributed by atoms with Gasteiger partial charge < -0.3 is 0 Å². The molecule has 0 fully saturated rings. The fraction of sp³-hybridized carbons (Fsp3) is 0. The molecule has 0 saturated heterocycles. The number of hydrogen-bond donors (Lipinski definition) is 0. The molecule has 3 aromatic heterocycles. The van der Waals surface area contributed by atoms with E-state index in [1.54, 1.807) is 0 Å². The molecule has 0 spiro atoms. The number of fused-ring (bicyclic) bond motifs is 3. The van der Waals surface area contributed by atoms with Gasteiger partial charge in [0.1, 0.15) is 0 Å². The summed E-state index contributed by atoms with van der Waals surface area (Å²) < 4.78 is 0. The fourth-order valence-electron chi connectivity index (χ4n) is 10.9. The highest BCUT2D eigenvalue weighted by Crippen LogP contribution is 2.43. The van der Waals surface area contributed by atoms with E-state index in [0.717, 1.165) is 123 Å². The number of aromatic nitrogens is 4. The molecule has 0 atom stereocenters. The number of hydrogen-bond acceptors (Lipinski definition) is 4. The maximum atomic E-state index is 5.63. The Bertz CT molecular complexity index is 4380. The standard InChI is InChI=1S/C74H48N4/c1-5-19-49(20-6-1)59-45-68(53-23-7-2-8-24-53)76-71(46-59)56-37-39-57(40-38-56)72-67-44-61(64-33-17-29-51-21-13-15-31-62(51)64)43-66(65-34-18-30-52-22-14-16-32-63(52)65)73(67)78-74(77-72)58-41-35-50(36-42-58)60-47-69(54-25-9-3-10-26-54)75-70(48-60)55-27-11-4-12-28-55/h1-48H. The van der Waals surface area contributed by atoms with Crippen LogP contribution in [0.25, 0.3) is 145 Å². The lowest BCUT2D eigenvalue weighted by Gasteiger charge is -2.17. The van der Waals surface area contributed by atoms with Gasteiger partial charge in [-0.05, 0) is 96.9 Å². The molecule has 4 nitrogen and oxygen atoms in total. The van der Waals surface area contributed by atoms with Gasteiger partial charge in [0.2, 0.25) is 0 Å². The molecule has 0 N–H and O–H groups in total. The average Bonchev–Trinajstić information content (AvgIpc) is 3.55. The van der Waals surface area contributed by atoms with Crippen LogP contribution in [0.1, 0.15) is 0 Å². The number of nitrogens with zero attached hydrogens (tertiary/aromatic N) is 4. The highest BCUT2D eigenvalue weighted by Gasteiger charge is 2.21. The third kappa shape index (κ3) is 8.87. The summed E-state index contributed by atoms with van der Waals surface area (Å²) in [5, 5.41) is 5.67. The molecule has 0 radical (unpaired) electrons. The molecule has 11 aromatic carbocycles. The Morgan fingerprint density at radius 1 is 0.192 bits per heavy atom. The minimum atomic E-state index is 0.641. The summed E-state index contributed by atoms with van der Waals surface area (Å²) in [6.07, 6.45) is 0. The van der Waals surface area contributed by atoms with Gasteiger partial charge in [-0.15, -0.1) is 0 Å². The van der Waals surface area contributed by atoms with Crippen LogP contribution in [0.4, 0.5) is 0 Å².